The van der Waals surface area contributed by atoms with Crippen molar-refractivity contribution in [2.24, 2.45) is 0 Å². The molecule has 258 valence electrons. The lowest BCUT2D eigenvalue weighted by Gasteiger charge is -2.36. The summed E-state index contributed by atoms with van der Waals surface area (Å²) in [6, 6.07) is 1.86. The van der Waals surface area contributed by atoms with Crippen LogP contribution in [0.25, 0.3) is 11.4 Å². The van der Waals surface area contributed by atoms with Crippen molar-refractivity contribution in [2.45, 2.75) is 50.6 Å². The van der Waals surface area contributed by atoms with Gasteiger partial charge in [-0.2, -0.15) is 22.7 Å². The van der Waals surface area contributed by atoms with Gasteiger partial charge in [0.2, 0.25) is 21.7 Å². The molecule has 1 aromatic carbocycles. The number of alkyl halides is 3. The summed E-state index contributed by atoms with van der Waals surface area (Å²) < 4.78 is 74.2. The fraction of sp³-hybridized carbons (Fsp3) is 0.483. The van der Waals surface area contributed by atoms with Crippen LogP contribution < -0.4 is 20.5 Å². The number of carbonyl (C=O) groups is 2. The largest absolute Gasteiger partial charge is 0.416 e. The molecule has 0 radical (unpaired) electrons. The number of hydrogen-bond donors (Lipinski definition) is 2. The lowest BCUT2D eigenvalue weighted by molar-refractivity contribution is -0.137. The Labute approximate surface area is 277 Å². The highest BCUT2D eigenvalue weighted by Gasteiger charge is 2.38. The van der Waals surface area contributed by atoms with Crippen LogP contribution in [-0.4, -0.2) is 89.1 Å². The lowest BCUT2D eigenvalue weighted by atomic mass is 10.1. The fourth-order valence-corrected chi connectivity index (χ4v) is 7.23. The number of benzene rings is 1. The minimum atomic E-state index is -4.62. The molecule has 2 aliphatic heterocycles. The topological polar surface area (TPSA) is 160 Å². The van der Waals surface area contributed by atoms with Crippen LogP contribution in [0.4, 0.5) is 29.3 Å². The number of amides is 3. The van der Waals surface area contributed by atoms with Gasteiger partial charge in [-0.05, 0) is 49.5 Å². The van der Waals surface area contributed by atoms with Crippen molar-refractivity contribution in [3.63, 3.8) is 0 Å². The number of rotatable bonds is 8. The Morgan fingerprint density at radius 2 is 1.88 bits per heavy atom. The third kappa shape index (κ3) is 6.86. The lowest BCUT2D eigenvalue weighted by Crippen LogP contribution is -2.54. The van der Waals surface area contributed by atoms with Gasteiger partial charge in [0, 0.05) is 26.2 Å². The molecule has 3 aliphatic rings. The number of sulfonamides is 1. The molecule has 14 nitrogen and oxygen atoms in total. The Balaban J connectivity index is 1.32. The Morgan fingerprint density at radius 1 is 1.15 bits per heavy atom. The second-order valence-corrected chi connectivity index (χ2v) is 14.0. The normalized spacial score (nSPS) is 17.4. The van der Waals surface area contributed by atoms with Crippen LogP contribution in [0.2, 0.25) is 5.02 Å². The molecule has 1 aliphatic carbocycles. The molecule has 0 atom stereocenters. The molecule has 3 amide bonds. The smallest absolute Gasteiger partial charge is 0.377 e. The molecule has 2 aromatic heterocycles. The Bertz CT molecular complexity index is 1970. The first-order chi connectivity index (χ1) is 22.8. The molecule has 4 heterocycles. The monoisotopic (exact) mass is 712 g/mol. The van der Waals surface area contributed by atoms with Crippen LogP contribution in [0.3, 0.4) is 0 Å². The van der Waals surface area contributed by atoms with Crippen LogP contribution in [0.5, 0.6) is 0 Å². The van der Waals surface area contributed by atoms with Gasteiger partial charge in [0.15, 0.2) is 5.82 Å². The zero-order valence-electron chi connectivity index (χ0n) is 25.7. The van der Waals surface area contributed by atoms with Gasteiger partial charge >= 0.3 is 12.2 Å². The molecular weight excluding hydrogens is 681 g/mol. The van der Waals surface area contributed by atoms with E-state index in [0.717, 1.165) is 28.3 Å². The highest BCUT2D eigenvalue weighted by Crippen LogP contribution is 2.34. The van der Waals surface area contributed by atoms with Gasteiger partial charge in [0.05, 0.1) is 40.4 Å². The third-order valence-electron chi connectivity index (χ3n) is 8.36. The maximum Gasteiger partial charge on any atom is 0.416 e. The first kappa shape index (κ1) is 33.7. The molecule has 2 N–H and O–H groups in total. The van der Waals surface area contributed by atoms with E-state index < -0.39 is 44.5 Å². The summed E-state index contributed by atoms with van der Waals surface area (Å²) in [5.41, 5.74) is -0.0606. The first-order valence-electron chi connectivity index (χ1n) is 15.3. The van der Waals surface area contributed by atoms with E-state index in [-0.39, 0.29) is 67.1 Å². The maximum atomic E-state index is 14.1. The number of urea groups is 1. The summed E-state index contributed by atoms with van der Waals surface area (Å²) in [7, 11) is -3.74. The number of halogens is 4. The molecule has 2 fully saturated rings. The van der Waals surface area contributed by atoms with E-state index in [1.165, 1.54) is 9.47 Å². The number of piperazine rings is 1. The number of aromatic nitrogens is 4. The van der Waals surface area contributed by atoms with Crippen LogP contribution >= 0.6 is 11.6 Å². The molecule has 1 saturated carbocycles. The van der Waals surface area contributed by atoms with Crippen molar-refractivity contribution in [1.29, 1.82) is 0 Å². The van der Waals surface area contributed by atoms with Crippen LogP contribution in [0.1, 0.15) is 43.3 Å². The predicted molar refractivity (Wildman–Crippen MR) is 169 cm³/mol. The summed E-state index contributed by atoms with van der Waals surface area (Å²) >= 11 is 6.08. The standard InChI is InChI=1S/C29H32ClF3N8O6S/c1-2-22-24(38-9-11-39(12-10-38)28(44)37-48(45,46)19-4-5-19)26(43)41-27(35-25(36-41)17-7-13-47-14-8-17)40(22)16-23(42)34-21-6-3-18(15-20(21)30)29(31,32)33/h3,6-7,15,19H,2,4-5,8-14,16H2,1H3,(H,34,42)(H,37,44). The van der Waals surface area contributed by atoms with Crippen molar-refractivity contribution < 1.29 is 35.9 Å². The van der Waals surface area contributed by atoms with Gasteiger partial charge < -0.3 is 24.4 Å². The van der Waals surface area contributed by atoms with E-state index in [9.17, 15) is 36.0 Å². The van der Waals surface area contributed by atoms with Gasteiger partial charge in [-0.25, -0.2) is 17.9 Å². The molecule has 19 heteroatoms. The second-order valence-electron chi connectivity index (χ2n) is 11.6. The molecule has 0 unspecified atom stereocenters. The Morgan fingerprint density at radius 3 is 2.48 bits per heavy atom. The van der Waals surface area contributed by atoms with Crippen molar-refractivity contribution >= 4 is 56.3 Å². The Kier molecular flexibility index (Phi) is 9.16. The van der Waals surface area contributed by atoms with Crippen molar-refractivity contribution in [1.82, 2.24) is 28.8 Å². The number of fused-ring (bicyclic) bond motifs is 1. The summed E-state index contributed by atoms with van der Waals surface area (Å²) in [6.07, 6.45) is -1.01. The molecule has 1 saturated heterocycles. The van der Waals surface area contributed by atoms with Crippen LogP contribution in [-0.2, 0) is 38.7 Å². The number of anilines is 2. The Hall–Kier alpha value is -4.16. The van der Waals surface area contributed by atoms with E-state index in [1.54, 1.807) is 11.8 Å². The third-order valence-corrected chi connectivity index (χ3v) is 10.5. The van der Waals surface area contributed by atoms with Crippen LogP contribution in [0, 0.1) is 0 Å². The fourth-order valence-electron chi connectivity index (χ4n) is 5.70. The van der Waals surface area contributed by atoms with Gasteiger partial charge in [-0.15, -0.1) is 5.10 Å². The summed E-state index contributed by atoms with van der Waals surface area (Å²) in [5.74, 6) is -0.274. The van der Waals surface area contributed by atoms with Crippen molar-refractivity contribution in [3.8, 4) is 0 Å². The number of ether oxygens (including phenoxy) is 1. The first-order valence-corrected chi connectivity index (χ1v) is 17.2. The predicted octanol–water partition coefficient (Wildman–Crippen LogP) is 2.89. The van der Waals surface area contributed by atoms with Gasteiger partial charge in [-0.1, -0.05) is 24.6 Å². The number of nitrogens with zero attached hydrogens (tertiary/aromatic N) is 6. The van der Waals surface area contributed by atoms with E-state index >= 15 is 0 Å². The van der Waals surface area contributed by atoms with Gasteiger partial charge in [0.25, 0.3) is 5.56 Å². The molecule has 6 rings (SSSR count). The average Bonchev–Trinajstić information content (AvgIpc) is 3.82. The zero-order chi connectivity index (χ0) is 34.4. The minimum Gasteiger partial charge on any atom is -0.377 e. The van der Waals surface area contributed by atoms with E-state index in [0.29, 0.717) is 38.2 Å². The maximum absolute atomic E-state index is 14.1. The van der Waals surface area contributed by atoms with Crippen molar-refractivity contribution in [3.05, 3.63) is 56.7 Å². The van der Waals surface area contributed by atoms with E-state index in [2.05, 4.69) is 20.1 Å². The minimum absolute atomic E-state index is 0.0300. The molecule has 0 bridgehead atoms. The second kappa shape index (κ2) is 13.0. The number of hydrogen-bond acceptors (Lipinski definition) is 9. The van der Waals surface area contributed by atoms with E-state index in [4.69, 9.17) is 16.3 Å². The quantitative estimate of drug-likeness (QED) is 0.358. The highest BCUT2D eigenvalue weighted by molar-refractivity contribution is 7.90. The van der Waals surface area contributed by atoms with Gasteiger partial charge in [0.1, 0.15) is 12.2 Å². The average molecular weight is 713 g/mol. The molecule has 0 spiro atoms. The number of nitrogens with one attached hydrogen (secondary N) is 2. The van der Waals surface area contributed by atoms with Crippen molar-refractivity contribution in [2.75, 3.05) is 49.6 Å². The number of carbonyl (C=O) groups excluding carboxylic acids is 2. The molecule has 3 aromatic rings. The highest BCUT2D eigenvalue weighted by atomic mass is 35.5. The van der Waals surface area contributed by atoms with Gasteiger partial charge in [-0.3, -0.25) is 9.59 Å². The zero-order valence-corrected chi connectivity index (χ0v) is 27.3. The summed E-state index contributed by atoms with van der Waals surface area (Å²) in [4.78, 5) is 47.9. The SMILES string of the molecule is CCc1c(N2CCN(C(=O)NS(=O)(=O)C3CC3)CC2)c(=O)n2nc(C3=CCOCC3)nc2n1CC(=O)Nc1ccc(C(F)(F)F)cc1Cl. The molecular formula is C29H32ClF3N8O6S. The summed E-state index contributed by atoms with van der Waals surface area (Å²) in [6.45, 7) is 2.79. The van der Waals surface area contributed by atoms with E-state index in [1.807, 2.05) is 6.08 Å². The molecule has 48 heavy (non-hydrogen) atoms. The van der Waals surface area contributed by atoms with Crippen LogP contribution in [0.15, 0.2) is 29.1 Å². The summed E-state index contributed by atoms with van der Waals surface area (Å²) in [5, 5.41) is 6.18.